The summed E-state index contributed by atoms with van der Waals surface area (Å²) in [7, 11) is 3.17. The highest BCUT2D eigenvalue weighted by Gasteiger charge is 2.30. The normalized spacial score (nSPS) is 12.9. The van der Waals surface area contributed by atoms with Crippen molar-refractivity contribution in [1.29, 1.82) is 0 Å². The Morgan fingerprint density at radius 2 is 1.59 bits per heavy atom. The van der Waals surface area contributed by atoms with Crippen LogP contribution in [0, 0.1) is 0 Å². The first-order valence-electron chi connectivity index (χ1n) is 10.6. The van der Waals surface area contributed by atoms with Gasteiger partial charge in [0.1, 0.15) is 11.8 Å². The minimum absolute atomic E-state index is 0. The highest BCUT2D eigenvalue weighted by molar-refractivity contribution is 5.85. The number of benzene rings is 3. The van der Waals surface area contributed by atoms with Gasteiger partial charge in [-0.3, -0.25) is 10.1 Å². The fourth-order valence-corrected chi connectivity index (χ4v) is 3.69. The summed E-state index contributed by atoms with van der Waals surface area (Å²) in [6, 6.07) is 21.3. The van der Waals surface area contributed by atoms with E-state index in [1.807, 2.05) is 54.6 Å². The van der Waals surface area contributed by atoms with Gasteiger partial charge in [0.15, 0.2) is 0 Å². The first-order chi connectivity index (χ1) is 15.8. The summed E-state index contributed by atoms with van der Waals surface area (Å²) in [6.45, 7) is 0. The lowest BCUT2D eigenvalue weighted by molar-refractivity contribution is -0.137. The third-order valence-corrected chi connectivity index (χ3v) is 5.51. The molecule has 0 bridgehead atoms. The zero-order valence-electron chi connectivity index (χ0n) is 18.9. The van der Waals surface area contributed by atoms with E-state index in [2.05, 4.69) is 10.6 Å². The predicted octanol–water partition coefficient (Wildman–Crippen LogP) is 5.89. The Balaban J connectivity index is 0.00000408. The van der Waals surface area contributed by atoms with Crippen LogP contribution in [0.5, 0.6) is 5.75 Å². The molecule has 4 nitrogen and oxygen atoms in total. The van der Waals surface area contributed by atoms with E-state index in [1.54, 1.807) is 14.2 Å². The van der Waals surface area contributed by atoms with Gasteiger partial charge in [0.2, 0.25) is 5.91 Å². The lowest BCUT2D eigenvalue weighted by Crippen LogP contribution is -2.38. The van der Waals surface area contributed by atoms with E-state index in [1.165, 1.54) is 12.1 Å². The predicted molar refractivity (Wildman–Crippen MR) is 129 cm³/mol. The first kappa shape index (κ1) is 27.2. The van der Waals surface area contributed by atoms with E-state index in [4.69, 9.17) is 4.74 Å². The van der Waals surface area contributed by atoms with Crippen molar-refractivity contribution in [2.24, 2.45) is 0 Å². The molecule has 0 fully saturated rings. The molecule has 1 amide bonds. The summed E-state index contributed by atoms with van der Waals surface area (Å²) in [5, 5.41) is 6.15. The van der Waals surface area contributed by atoms with Gasteiger partial charge < -0.3 is 10.1 Å². The quantitative estimate of drug-likeness (QED) is 0.392. The molecule has 0 aromatic heterocycles. The van der Waals surface area contributed by atoms with E-state index >= 15 is 0 Å². The van der Waals surface area contributed by atoms with Crippen LogP contribution in [0.3, 0.4) is 0 Å². The zero-order chi connectivity index (χ0) is 23.8. The molecule has 2 N–H and O–H groups in total. The molecule has 3 aromatic rings. The molecular formula is C26H28ClF3N2O2. The standard InChI is InChI=1S/C26H27F3N2O2.ClH/c1-30-25(32)24(19-7-4-3-5-8-19)31-23(20-9-6-10-22(17-20)33-2)16-13-18-11-14-21(15-12-18)26(27,28)29;/h3-12,14-15,17,23-24,31H,13,16H2,1-2H3,(H,30,32);1H/t23-,24+;/m0./s1. The van der Waals surface area contributed by atoms with Gasteiger partial charge in [-0.15, -0.1) is 12.4 Å². The van der Waals surface area contributed by atoms with Crippen LogP contribution in [0.1, 0.15) is 40.8 Å². The third-order valence-electron chi connectivity index (χ3n) is 5.51. The van der Waals surface area contributed by atoms with Crippen molar-refractivity contribution in [3.8, 4) is 5.75 Å². The fraction of sp³-hybridized carbons (Fsp3) is 0.269. The maximum atomic E-state index is 12.9. The van der Waals surface area contributed by atoms with E-state index in [9.17, 15) is 18.0 Å². The number of carbonyl (C=O) groups excluding carboxylic acids is 1. The second kappa shape index (κ2) is 12.4. The largest absolute Gasteiger partial charge is 0.497 e. The van der Waals surface area contributed by atoms with Crippen LogP contribution < -0.4 is 15.4 Å². The van der Waals surface area contributed by atoms with Crippen LogP contribution in [0.25, 0.3) is 0 Å². The van der Waals surface area contributed by atoms with E-state index < -0.39 is 17.8 Å². The van der Waals surface area contributed by atoms with Crippen molar-refractivity contribution >= 4 is 18.3 Å². The van der Waals surface area contributed by atoms with Crippen molar-refractivity contribution < 1.29 is 22.7 Å². The number of likely N-dealkylation sites (N-methyl/N-ethyl adjacent to an activating group) is 1. The molecule has 0 aliphatic rings. The van der Waals surface area contributed by atoms with Gasteiger partial charge >= 0.3 is 6.18 Å². The summed E-state index contributed by atoms with van der Waals surface area (Å²) in [4.78, 5) is 12.7. The number of carbonyl (C=O) groups is 1. The molecule has 2 atom stereocenters. The molecule has 8 heteroatoms. The lowest BCUT2D eigenvalue weighted by atomic mass is 9.96. The number of ether oxygens (including phenoxy) is 1. The Morgan fingerprint density at radius 1 is 0.941 bits per heavy atom. The number of amides is 1. The van der Waals surface area contributed by atoms with Gasteiger partial charge in [0.25, 0.3) is 0 Å². The average Bonchev–Trinajstić information content (AvgIpc) is 2.84. The van der Waals surface area contributed by atoms with Gasteiger partial charge in [-0.05, 0) is 53.8 Å². The van der Waals surface area contributed by atoms with Crippen LogP contribution in [-0.2, 0) is 17.4 Å². The number of halogens is 4. The minimum Gasteiger partial charge on any atom is -0.497 e. The molecule has 0 heterocycles. The third kappa shape index (κ3) is 7.23. The SMILES string of the molecule is CNC(=O)[C@H](N[C@@H](CCc1ccc(C(F)(F)F)cc1)c1cccc(OC)c1)c1ccccc1.Cl. The number of hydrogen-bond donors (Lipinski definition) is 2. The van der Waals surface area contributed by atoms with Crippen molar-refractivity contribution in [3.63, 3.8) is 0 Å². The highest BCUT2D eigenvalue weighted by atomic mass is 35.5. The smallest absolute Gasteiger partial charge is 0.416 e. The lowest BCUT2D eigenvalue weighted by Gasteiger charge is -2.26. The Kier molecular flexibility index (Phi) is 9.96. The summed E-state index contributed by atoms with van der Waals surface area (Å²) < 4.78 is 44.0. The van der Waals surface area contributed by atoms with Gasteiger partial charge in [-0.2, -0.15) is 13.2 Å². The monoisotopic (exact) mass is 492 g/mol. The molecule has 0 aliphatic heterocycles. The van der Waals surface area contributed by atoms with E-state index in [0.717, 1.165) is 28.8 Å². The van der Waals surface area contributed by atoms with Crippen molar-refractivity contribution in [2.45, 2.75) is 31.1 Å². The van der Waals surface area contributed by atoms with Crippen molar-refractivity contribution in [2.75, 3.05) is 14.2 Å². The molecule has 0 spiro atoms. The van der Waals surface area contributed by atoms with Gasteiger partial charge in [-0.25, -0.2) is 0 Å². The van der Waals surface area contributed by atoms with Crippen LogP contribution >= 0.6 is 12.4 Å². The molecule has 0 saturated carbocycles. The summed E-state index contributed by atoms with van der Waals surface area (Å²) in [5.74, 6) is 0.508. The van der Waals surface area contributed by atoms with Gasteiger partial charge in [0, 0.05) is 13.1 Å². The van der Waals surface area contributed by atoms with E-state index in [-0.39, 0.29) is 24.4 Å². The Morgan fingerprint density at radius 3 is 2.18 bits per heavy atom. The van der Waals surface area contributed by atoms with Gasteiger partial charge in [0.05, 0.1) is 12.7 Å². The number of methoxy groups -OCH3 is 1. The van der Waals surface area contributed by atoms with E-state index in [0.29, 0.717) is 18.6 Å². The fourth-order valence-electron chi connectivity index (χ4n) is 3.69. The molecule has 182 valence electrons. The number of nitrogens with one attached hydrogen (secondary N) is 2. The van der Waals surface area contributed by atoms with Crippen LogP contribution in [-0.4, -0.2) is 20.1 Å². The zero-order valence-corrected chi connectivity index (χ0v) is 19.7. The maximum Gasteiger partial charge on any atom is 0.416 e. The average molecular weight is 493 g/mol. The Bertz CT molecular complexity index is 1040. The first-order valence-corrected chi connectivity index (χ1v) is 10.6. The van der Waals surface area contributed by atoms with Crippen molar-refractivity contribution in [1.82, 2.24) is 10.6 Å². The molecule has 0 aliphatic carbocycles. The minimum atomic E-state index is -4.36. The number of hydrogen-bond acceptors (Lipinski definition) is 3. The molecule has 0 unspecified atom stereocenters. The van der Waals surface area contributed by atoms with Crippen LogP contribution in [0.4, 0.5) is 13.2 Å². The van der Waals surface area contributed by atoms with Gasteiger partial charge in [-0.1, -0.05) is 54.6 Å². The Labute approximate surface area is 203 Å². The molecular weight excluding hydrogens is 465 g/mol. The van der Waals surface area contributed by atoms with Crippen LogP contribution in [0.2, 0.25) is 0 Å². The molecule has 3 rings (SSSR count). The molecule has 34 heavy (non-hydrogen) atoms. The van der Waals surface area contributed by atoms with Crippen LogP contribution in [0.15, 0.2) is 78.9 Å². The summed E-state index contributed by atoms with van der Waals surface area (Å²) in [6.07, 6.45) is -3.26. The number of aryl methyl sites for hydroxylation is 1. The molecule has 3 aromatic carbocycles. The Hall–Kier alpha value is -3.03. The topological polar surface area (TPSA) is 50.4 Å². The summed E-state index contributed by atoms with van der Waals surface area (Å²) in [5.41, 5.74) is 1.86. The highest BCUT2D eigenvalue weighted by Crippen LogP contribution is 2.30. The second-order valence-corrected chi connectivity index (χ2v) is 7.69. The maximum absolute atomic E-state index is 12.9. The molecule has 0 radical (unpaired) electrons. The van der Waals surface area contributed by atoms with Crippen molar-refractivity contribution in [3.05, 3.63) is 101 Å². The summed E-state index contributed by atoms with van der Waals surface area (Å²) >= 11 is 0. The number of alkyl halides is 3. The molecule has 0 saturated heterocycles. The second-order valence-electron chi connectivity index (χ2n) is 7.69. The number of rotatable bonds is 9.